The molecule has 2 aliphatic rings. The topological polar surface area (TPSA) is 60.9 Å². The minimum absolute atomic E-state index is 0.107. The molecule has 0 aromatic rings. The van der Waals surface area contributed by atoms with Crippen LogP contribution in [0.5, 0.6) is 0 Å². The molecule has 0 aromatic carbocycles. The van der Waals surface area contributed by atoms with E-state index in [0.717, 1.165) is 32.2 Å². The van der Waals surface area contributed by atoms with Crippen LogP contribution < -0.4 is 0 Å². The maximum absolute atomic E-state index is 12.7. The van der Waals surface area contributed by atoms with E-state index in [1.807, 2.05) is 4.90 Å². The molecule has 2 rings (SSSR count). The lowest BCUT2D eigenvalue weighted by Crippen LogP contribution is -2.42. The first-order chi connectivity index (χ1) is 9.51. The Balaban J connectivity index is 1.99. The lowest BCUT2D eigenvalue weighted by atomic mass is 10.00. The van der Waals surface area contributed by atoms with Crippen LogP contribution in [-0.4, -0.2) is 46.6 Å². The molecule has 1 aliphatic carbocycles. The second-order valence-electron chi connectivity index (χ2n) is 6.59. The Labute approximate surface area is 120 Å². The van der Waals surface area contributed by atoms with Crippen LogP contribution in [0.15, 0.2) is 0 Å². The molecule has 20 heavy (non-hydrogen) atoms. The van der Waals surface area contributed by atoms with Gasteiger partial charge < -0.3 is 4.90 Å². The van der Waals surface area contributed by atoms with Gasteiger partial charge in [-0.05, 0) is 38.0 Å². The third kappa shape index (κ3) is 3.32. The van der Waals surface area contributed by atoms with Crippen molar-refractivity contribution in [3.8, 4) is 0 Å². The lowest BCUT2D eigenvalue weighted by Gasteiger charge is -2.28. The summed E-state index contributed by atoms with van der Waals surface area (Å²) in [5.41, 5.74) is 0.397. The third-order valence-electron chi connectivity index (χ3n) is 4.79. The summed E-state index contributed by atoms with van der Waals surface area (Å²) >= 11 is 0. The van der Waals surface area contributed by atoms with Gasteiger partial charge in [-0.1, -0.05) is 19.8 Å². The van der Waals surface area contributed by atoms with Crippen molar-refractivity contribution in [1.29, 1.82) is 0 Å². The number of carbonyl (C=O) groups is 2. The predicted molar refractivity (Wildman–Crippen MR) is 75.0 cm³/mol. The van der Waals surface area contributed by atoms with E-state index in [4.69, 9.17) is 0 Å². The molecule has 1 aliphatic heterocycles. The van der Waals surface area contributed by atoms with Crippen LogP contribution in [0, 0.1) is 11.3 Å². The molecule has 5 heteroatoms. The molecule has 0 radical (unpaired) electrons. The SMILES string of the molecule is CCCCC(CN(O)C=O)C(=O)N1CC2(CC2)CC1C. The van der Waals surface area contributed by atoms with E-state index in [1.54, 1.807) is 0 Å². The lowest BCUT2D eigenvalue weighted by molar-refractivity contribution is -0.157. The minimum Gasteiger partial charge on any atom is -0.339 e. The number of hydrogen-bond donors (Lipinski definition) is 1. The van der Waals surface area contributed by atoms with Crippen molar-refractivity contribution in [3.05, 3.63) is 0 Å². The van der Waals surface area contributed by atoms with Crippen LogP contribution in [0.2, 0.25) is 0 Å². The van der Waals surface area contributed by atoms with Crippen molar-refractivity contribution in [1.82, 2.24) is 9.96 Å². The summed E-state index contributed by atoms with van der Waals surface area (Å²) in [7, 11) is 0. The number of unbranched alkanes of at least 4 members (excludes halogenated alkanes) is 1. The first-order valence-corrected chi connectivity index (χ1v) is 7.72. The van der Waals surface area contributed by atoms with Gasteiger partial charge in [-0.2, -0.15) is 0 Å². The number of amides is 2. The van der Waals surface area contributed by atoms with Gasteiger partial charge in [0.2, 0.25) is 12.3 Å². The second kappa shape index (κ2) is 6.12. The fourth-order valence-electron chi connectivity index (χ4n) is 3.40. The molecule has 2 unspecified atom stereocenters. The number of hydrogen-bond acceptors (Lipinski definition) is 3. The summed E-state index contributed by atoms with van der Waals surface area (Å²) in [5.74, 6) is -0.169. The van der Waals surface area contributed by atoms with E-state index in [1.165, 1.54) is 12.8 Å². The fourth-order valence-corrected chi connectivity index (χ4v) is 3.40. The molecular formula is C15H26N2O3. The summed E-state index contributed by atoms with van der Waals surface area (Å²) in [5, 5.41) is 10.00. The van der Waals surface area contributed by atoms with Crippen LogP contribution in [0.4, 0.5) is 0 Å². The van der Waals surface area contributed by atoms with E-state index in [9.17, 15) is 14.8 Å². The van der Waals surface area contributed by atoms with Gasteiger partial charge in [0.25, 0.3) is 0 Å². The van der Waals surface area contributed by atoms with E-state index < -0.39 is 0 Å². The molecule has 1 N–H and O–H groups in total. The summed E-state index contributed by atoms with van der Waals surface area (Å²) in [6.45, 7) is 5.16. The Morgan fingerprint density at radius 2 is 2.25 bits per heavy atom. The molecular weight excluding hydrogens is 256 g/mol. The van der Waals surface area contributed by atoms with E-state index in [-0.39, 0.29) is 24.4 Å². The number of hydroxylamine groups is 2. The van der Waals surface area contributed by atoms with Crippen LogP contribution in [-0.2, 0) is 9.59 Å². The summed E-state index contributed by atoms with van der Waals surface area (Å²) in [6, 6.07) is 0.289. The fraction of sp³-hybridized carbons (Fsp3) is 0.867. The Morgan fingerprint density at radius 1 is 1.55 bits per heavy atom. The highest BCUT2D eigenvalue weighted by atomic mass is 16.5. The van der Waals surface area contributed by atoms with Gasteiger partial charge >= 0.3 is 0 Å². The Morgan fingerprint density at radius 3 is 2.75 bits per heavy atom. The highest BCUT2D eigenvalue weighted by Crippen LogP contribution is 2.54. The standard InChI is InChI=1S/C15H26N2O3/c1-3-4-5-13(9-16(20)11-18)14(19)17-10-15(6-7-15)8-12(17)2/h11-13,20H,3-10H2,1-2H3. The van der Waals surface area contributed by atoms with Crippen molar-refractivity contribution in [2.24, 2.45) is 11.3 Å². The third-order valence-corrected chi connectivity index (χ3v) is 4.79. The monoisotopic (exact) mass is 282 g/mol. The van der Waals surface area contributed by atoms with Crippen molar-refractivity contribution < 1.29 is 14.8 Å². The average molecular weight is 282 g/mol. The van der Waals surface area contributed by atoms with Crippen LogP contribution >= 0.6 is 0 Å². The largest absolute Gasteiger partial charge is 0.339 e. The smallest absolute Gasteiger partial charge is 0.233 e. The van der Waals surface area contributed by atoms with E-state index in [0.29, 0.717) is 16.9 Å². The Bertz CT molecular complexity index is 368. The maximum Gasteiger partial charge on any atom is 0.233 e. The van der Waals surface area contributed by atoms with Crippen LogP contribution in [0.1, 0.15) is 52.4 Å². The maximum atomic E-state index is 12.7. The number of rotatable bonds is 7. The zero-order valence-electron chi connectivity index (χ0n) is 12.5. The molecule has 0 bridgehead atoms. The first-order valence-electron chi connectivity index (χ1n) is 7.72. The van der Waals surface area contributed by atoms with Gasteiger partial charge in [0.1, 0.15) is 0 Å². The van der Waals surface area contributed by atoms with Crippen LogP contribution in [0.25, 0.3) is 0 Å². The minimum atomic E-state index is -0.276. The molecule has 2 amide bonds. The van der Waals surface area contributed by atoms with Crippen LogP contribution in [0.3, 0.4) is 0 Å². The Kier molecular flexibility index (Phi) is 4.68. The van der Waals surface area contributed by atoms with Gasteiger partial charge in [-0.25, -0.2) is 5.06 Å². The molecule has 1 spiro atoms. The van der Waals surface area contributed by atoms with Crippen molar-refractivity contribution in [2.45, 2.75) is 58.4 Å². The zero-order valence-corrected chi connectivity index (χ0v) is 12.5. The zero-order chi connectivity index (χ0) is 14.8. The van der Waals surface area contributed by atoms with Gasteiger partial charge in [0.05, 0.1) is 12.5 Å². The second-order valence-corrected chi connectivity index (χ2v) is 6.59. The van der Waals surface area contributed by atoms with Crippen molar-refractivity contribution in [2.75, 3.05) is 13.1 Å². The highest BCUT2D eigenvalue weighted by Gasteiger charge is 2.52. The molecule has 1 saturated heterocycles. The summed E-state index contributed by atoms with van der Waals surface area (Å²) < 4.78 is 0. The molecule has 1 heterocycles. The van der Waals surface area contributed by atoms with Gasteiger partial charge in [-0.3, -0.25) is 14.8 Å². The number of nitrogens with zero attached hydrogens (tertiary/aromatic N) is 2. The quantitative estimate of drug-likeness (QED) is 0.441. The molecule has 2 atom stereocenters. The average Bonchev–Trinajstić information content (AvgIpc) is 3.10. The van der Waals surface area contributed by atoms with Gasteiger partial charge in [-0.15, -0.1) is 0 Å². The predicted octanol–water partition coefficient (Wildman–Crippen LogP) is 2.04. The van der Waals surface area contributed by atoms with E-state index >= 15 is 0 Å². The summed E-state index contributed by atoms with van der Waals surface area (Å²) in [4.78, 5) is 25.3. The Hall–Kier alpha value is -1.10. The van der Waals surface area contributed by atoms with Crippen molar-refractivity contribution >= 4 is 12.3 Å². The normalized spacial score (nSPS) is 24.8. The molecule has 5 nitrogen and oxygen atoms in total. The number of carbonyl (C=O) groups excluding carboxylic acids is 2. The van der Waals surface area contributed by atoms with E-state index in [2.05, 4.69) is 13.8 Å². The molecule has 2 fully saturated rings. The molecule has 114 valence electrons. The van der Waals surface area contributed by atoms with Gasteiger partial charge in [0, 0.05) is 12.6 Å². The summed E-state index contributed by atoms with van der Waals surface area (Å²) in [6.07, 6.45) is 6.64. The van der Waals surface area contributed by atoms with Crippen molar-refractivity contribution in [3.63, 3.8) is 0 Å². The number of likely N-dealkylation sites (tertiary alicyclic amines) is 1. The molecule has 0 aromatic heterocycles. The highest BCUT2D eigenvalue weighted by molar-refractivity contribution is 5.80. The van der Waals surface area contributed by atoms with Gasteiger partial charge in [0.15, 0.2) is 0 Å². The molecule has 1 saturated carbocycles. The first kappa shape index (κ1) is 15.3.